The maximum Gasteiger partial charge on any atom is 0.355 e. The van der Waals surface area contributed by atoms with Gasteiger partial charge in [-0.15, -0.1) is 0 Å². The number of nitrogens with zero attached hydrogens (tertiary/aromatic N) is 1. The Morgan fingerprint density at radius 2 is 1.90 bits per heavy atom. The van der Waals surface area contributed by atoms with E-state index in [4.69, 9.17) is 16.3 Å². The number of ether oxygens (including phenoxy) is 1. The fourth-order valence-corrected chi connectivity index (χ4v) is 3.88. The number of H-pyrrole nitrogens is 1. The summed E-state index contributed by atoms with van der Waals surface area (Å²) in [4.78, 5) is 43.5. The summed E-state index contributed by atoms with van der Waals surface area (Å²) < 4.78 is 5.07. The molecule has 1 fully saturated rings. The molecule has 1 amide bonds. The third kappa shape index (κ3) is 4.43. The summed E-state index contributed by atoms with van der Waals surface area (Å²) in [6.07, 6.45) is 2.09. The second-order valence-corrected chi connectivity index (χ2v) is 8.17. The largest absolute Gasteiger partial charge is 0.461 e. The van der Waals surface area contributed by atoms with Gasteiger partial charge in [-0.25, -0.2) is 4.79 Å². The summed E-state index contributed by atoms with van der Waals surface area (Å²) in [5.74, 6) is -0.565. The number of hydrogen-bond donors (Lipinski definition) is 1. The van der Waals surface area contributed by atoms with Crippen LogP contribution in [0.1, 0.15) is 69.2 Å². The van der Waals surface area contributed by atoms with Gasteiger partial charge in [0.15, 0.2) is 5.78 Å². The van der Waals surface area contributed by atoms with E-state index in [-0.39, 0.29) is 24.0 Å². The van der Waals surface area contributed by atoms with E-state index < -0.39 is 12.0 Å². The zero-order valence-electron chi connectivity index (χ0n) is 17.8. The lowest BCUT2D eigenvalue weighted by Gasteiger charge is -2.29. The monoisotopic (exact) mass is 430 g/mol. The molecule has 1 aliphatic rings. The summed E-state index contributed by atoms with van der Waals surface area (Å²) in [5.41, 5.74) is 2.21. The number of aromatic nitrogens is 1. The Morgan fingerprint density at radius 3 is 2.50 bits per heavy atom. The van der Waals surface area contributed by atoms with E-state index in [2.05, 4.69) is 4.98 Å². The van der Waals surface area contributed by atoms with E-state index >= 15 is 0 Å². The van der Waals surface area contributed by atoms with Gasteiger partial charge in [-0.3, -0.25) is 9.59 Å². The molecular formula is C23H27ClN2O4. The van der Waals surface area contributed by atoms with Crippen LogP contribution in [0, 0.1) is 19.8 Å². The van der Waals surface area contributed by atoms with Gasteiger partial charge in [0.2, 0.25) is 0 Å². The number of nitrogens with one attached hydrogen (secondary N) is 1. The number of carbonyl (C=O) groups excluding carboxylic acids is 3. The average Bonchev–Trinajstić information content (AvgIpc) is 3.48. The molecule has 1 N–H and O–H groups in total. The first-order chi connectivity index (χ1) is 14.3. The van der Waals surface area contributed by atoms with Crippen molar-refractivity contribution < 1.29 is 19.1 Å². The molecule has 7 heteroatoms. The predicted octanol–water partition coefficient (Wildman–Crippen LogP) is 4.59. The third-order valence-electron chi connectivity index (χ3n) is 5.53. The molecule has 1 saturated carbocycles. The molecule has 30 heavy (non-hydrogen) atoms. The van der Waals surface area contributed by atoms with Gasteiger partial charge in [-0.2, -0.15) is 0 Å². The molecule has 0 radical (unpaired) electrons. The maximum atomic E-state index is 13.4. The molecule has 0 saturated heterocycles. The molecular weight excluding hydrogens is 404 g/mol. The highest BCUT2D eigenvalue weighted by Crippen LogP contribution is 2.32. The van der Waals surface area contributed by atoms with E-state index in [0.29, 0.717) is 39.9 Å². The van der Waals surface area contributed by atoms with E-state index in [1.807, 2.05) is 0 Å². The topological polar surface area (TPSA) is 79.5 Å². The first-order valence-corrected chi connectivity index (χ1v) is 10.6. The number of rotatable bonds is 8. The molecule has 6 nitrogen and oxygen atoms in total. The third-order valence-corrected chi connectivity index (χ3v) is 5.86. The van der Waals surface area contributed by atoms with Crippen LogP contribution in [0.15, 0.2) is 24.3 Å². The van der Waals surface area contributed by atoms with Crippen LogP contribution in [0.25, 0.3) is 0 Å². The first kappa shape index (κ1) is 22.1. The van der Waals surface area contributed by atoms with Crippen molar-refractivity contribution in [2.45, 2.75) is 46.6 Å². The van der Waals surface area contributed by atoms with Crippen LogP contribution < -0.4 is 0 Å². The van der Waals surface area contributed by atoms with E-state index in [0.717, 1.165) is 12.8 Å². The Morgan fingerprint density at radius 1 is 1.23 bits per heavy atom. The first-order valence-electron chi connectivity index (χ1n) is 10.2. The van der Waals surface area contributed by atoms with Crippen molar-refractivity contribution in [2.75, 3.05) is 13.2 Å². The predicted molar refractivity (Wildman–Crippen MR) is 115 cm³/mol. The molecule has 0 spiro atoms. The van der Waals surface area contributed by atoms with Gasteiger partial charge in [-0.1, -0.05) is 23.7 Å². The Bertz CT molecular complexity index is 978. The Labute approximate surface area is 181 Å². The summed E-state index contributed by atoms with van der Waals surface area (Å²) in [5, 5.41) is 0.363. The lowest BCUT2D eigenvalue weighted by molar-refractivity contribution is 0.0518. The molecule has 160 valence electrons. The van der Waals surface area contributed by atoms with Crippen molar-refractivity contribution in [2.24, 2.45) is 5.92 Å². The van der Waals surface area contributed by atoms with Crippen LogP contribution in [0.2, 0.25) is 5.02 Å². The number of carbonyl (C=O) groups is 3. The number of benzene rings is 1. The highest BCUT2D eigenvalue weighted by atomic mass is 35.5. The molecule has 1 aromatic heterocycles. The highest BCUT2D eigenvalue weighted by Gasteiger charge is 2.35. The number of Topliss-reactive ketones (excluding diaryl/α,β-unsaturated/α-hetero) is 1. The summed E-state index contributed by atoms with van der Waals surface area (Å²) in [7, 11) is 0. The number of hydrogen-bond acceptors (Lipinski definition) is 4. The number of halogens is 1. The number of esters is 1. The maximum absolute atomic E-state index is 13.4. The normalized spacial score (nSPS) is 14.3. The number of aromatic amines is 1. The van der Waals surface area contributed by atoms with Crippen LogP contribution in [-0.4, -0.2) is 46.7 Å². The zero-order chi connectivity index (χ0) is 22.0. The molecule has 1 aromatic carbocycles. The van der Waals surface area contributed by atoms with Gasteiger partial charge < -0.3 is 14.6 Å². The molecule has 1 unspecified atom stereocenters. The summed E-state index contributed by atoms with van der Waals surface area (Å²) in [6.45, 7) is 7.68. The van der Waals surface area contributed by atoms with Crippen molar-refractivity contribution in [1.29, 1.82) is 0 Å². The lowest BCUT2D eigenvalue weighted by Crippen LogP contribution is -2.44. The van der Waals surface area contributed by atoms with Crippen molar-refractivity contribution >= 4 is 29.3 Å². The fourth-order valence-electron chi connectivity index (χ4n) is 3.66. The Hall–Kier alpha value is -2.60. The van der Waals surface area contributed by atoms with Gasteiger partial charge in [0.05, 0.1) is 23.2 Å². The van der Waals surface area contributed by atoms with Crippen LogP contribution >= 0.6 is 11.6 Å². The molecule has 1 atom stereocenters. The quantitative estimate of drug-likeness (QED) is 0.490. The molecule has 0 aliphatic heterocycles. The molecule has 1 heterocycles. The van der Waals surface area contributed by atoms with Crippen LogP contribution in [0.5, 0.6) is 0 Å². The van der Waals surface area contributed by atoms with E-state index in [9.17, 15) is 14.4 Å². The van der Waals surface area contributed by atoms with E-state index in [1.54, 1.807) is 56.9 Å². The lowest BCUT2D eigenvalue weighted by atomic mass is 9.99. The number of ketones is 1. The summed E-state index contributed by atoms with van der Waals surface area (Å²) >= 11 is 6.25. The SMILES string of the molecule is CCOC(=O)c1[nH]c(C)c(C(=O)C(C)N(CC2CC2)C(=O)c2ccccc2Cl)c1C. The zero-order valence-corrected chi connectivity index (χ0v) is 18.5. The molecule has 1 aliphatic carbocycles. The minimum absolute atomic E-state index is 0.210. The second kappa shape index (κ2) is 9.04. The standard InChI is InChI=1S/C23H27ClN2O4/c1-5-30-23(29)20-13(2)19(14(3)25-20)21(27)15(4)26(12-16-10-11-16)22(28)17-8-6-7-9-18(17)24/h6-9,15-16,25H,5,10-12H2,1-4H3. The van der Waals surface area contributed by atoms with Crippen LogP contribution in [0.3, 0.4) is 0 Å². The van der Waals surface area contributed by atoms with Crippen LogP contribution in [0.4, 0.5) is 0 Å². The average molecular weight is 431 g/mol. The van der Waals surface area contributed by atoms with Gasteiger partial charge in [-0.05, 0) is 64.2 Å². The number of aryl methyl sites for hydroxylation is 1. The number of amides is 1. The minimum atomic E-state index is -0.697. The Balaban J connectivity index is 1.92. The Kier molecular flexibility index (Phi) is 6.66. The second-order valence-electron chi connectivity index (χ2n) is 7.77. The minimum Gasteiger partial charge on any atom is -0.461 e. The molecule has 0 bridgehead atoms. The smallest absolute Gasteiger partial charge is 0.355 e. The van der Waals surface area contributed by atoms with Crippen molar-refractivity contribution in [3.63, 3.8) is 0 Å². The van der Waals surface area contributed by atoms with Gasteiger partial charge in [0.1, 0.15) is 5.69 Å². The van der Waals surface area contributed by atoms with Crippen molar-refractivity contribution in [1.82, 2.24) is 9.88 Å². The van der Waals surface area contributed by atoms with Crippen molar-refractivity contribution in [3.8, 4) is 0 Å². The van der Waals surface area contributed by atoms with Gasteiger partial charge >= 0.3 is 5.97 Å². The fraction of sp³-hybridized carbons (Fsp3) is 0.435. The summed E-state index contributed by atoms with van der Waals surface area (Å²) in [6, 6.07) is 6.17. The molecule has 3 rings (SSSR count). The molecule has 2 aromatic rings. The van der Waals surface area contributed by atoms with Crippen LogP contribution in [-0.2, 0) is 4.74 Å². The van der Waals surface area contributed by atoms with Gasteiger partial charge in [0, 0.05) is 17.8 Å². The highest BCUT2D eigenvalue weighted by molar-refractivity contribution is 6.33. The van der Waals surface area contributed by atoms with E-state index in [1.165, 1.54) is 0 Å². The van der Waals surface area contributed by atoms with Gasteiger partial charge in [0.25, 0.3) is 5.91 Å². The van der Waals surface area contributed by atoms with Crippen molar-refractivity contribution in [3.05, 3.63) is 57.4 Å².